The molecule has 1 aromatic heterocycles. The molecule has 5 N–H and O–H groups in total. The standard InChI is InChI=1S/C28H34N6O3S/c1-17-9-7-8-12-21(17)34(28(37)25-22(29)23(26(30)35)32-38-25)24(18-13-15-20(16-14-18)33(2)3)27(36)31-19-10-5-4-6-11-19/h7-9,12-16,19,24H,4-6,10-11,29H2,1-3H3,(H2,30,35)(H,31,36)/t24-/m0/s1. The van der Waals surface area contributed by atoms with Gasteiger partial charge in [-0.1, -0.05) is 49.6 Å². The van der Waals surface area contributed by atoms with E-state index >= 15 is 0 Å². The van der Waals surface area contributed by atoms with Crippen LogP contribution in [0.1, 0.15) is 69.4 Å². The van der Waals surface area contributed by atoms with Crippen LogP contribution >= 0.6 is 11.5 Å². The summed E-state index contributed by atoms with van der Waals surface area (Å²) in [5.74, 6) is -1.61. The summed E-state index contributed by atoms with van der Waals surface area (Å²) < 4.78 is 4.02. The van der Waals surface area contributed by atoms with E-state index in [0.717, 1.165) is 54.9 Å². The Bertz CT molecular complexity index is 1310. The van der Waals surface area contributed by atoms with Gasteiger partial charge in [-0.05, 0) is 60.6 Å². The first-order valence-corrected chi connectivity index (χ1v) is 13.5. The second kappa shape index (κ2) is 11.6. The number of nitrogens with zero attached hydrogens (tertiary/aromatic N) is 3. The summed E-state index contributed by atoms with van der Waals surface area (Å²) in [6.07, 6.45) is 5.07. The van der Waals surface area contributed by atoms with Crippen molar-refractivity contribution in [2.45, 2.75) is 51.1 Å². The highest BCUT2D eigenvalue weighted by molar-refractivity contribution is 7.09. The van der Waals surface area contributed by atoms with Crippen molar-refractivity contribution in [3.05, 3.63) is 70.2 Å². The fourth-order valence-corrected chi connectivity index (χ4v) is 5.58. The van der Waals surface area contributed by atoms with E-state index in [1.54, 1.807) is 6.07 Å². The van der Waals surface area contributed by atoms with Gasteiger partial charge in [-0.2, -0.15) is 4.37 Å². The molecule has 1 heterocycles. The van der Waals surface area contributed by atoms with Crippen LogP contribution in [0.5, 0.6) is 0 Å². The van der Waals surface area contributed by atoms with Crippen LogP contribution in [-0.4, -0.2) is 42.2 Å². The first kappa shape index (κ1) is 27.1. The SMILES string of the molecule is Cc1ccccc1N(C(=O)c1snc(C(N)=O)c1N)[C@H](C(=O)NC1CCCCC1)c1ccc(N(C)C)cc1. The molecule has 3 aromatic rings. The van der Waals surface area contributed by atoms with Gasteiger partial charge in [0.15, 0.2) is 5.69 Å². The van der Waals surface area contributed by atoms with Gasteiger partial charge in [0.1, 0.15) is 10.9 Å². The minimum absolute atomic E-state index is 0.0450. The summed E-state index contributed by atoms with van der Waals surface area (Å²) in [5, 5.41) is 3.21. The number of nitrogen functional groups attached to an aromatic ring is 1. The monoisotopic (exact) mass is 534 g/mol. The molecule has 1 fully saturated rings. The molecule has 2 aromatic carbocycles. The molecule has 3 amide bonds. The summed E-state index contributed by atoms with van der Waals surface area (Å²) in [6, 6.07) is 14.0. The molecule has 0 unspecified atom stereocenters. The predicted octanol–water partition coefficient (Wildman–Crippen LogP) is 4.04. The molecule has 0 radical (unpaired) electrons. The van der Waals surface area contributed by atoms with E-state index in [2.05, 4.69) is 9.69 Å². The van der Waals surface area contributed by atoms with E-state index in [0.29, 0.717) is 11.3 Å². The van der Waals surface area contributed by atoms with Crippen molar-refractivity contribution < 1.29 is 14.4 Å². The number of rotatable bonds is 8. The highest BCUT2D eigenvalue weighted by Gasteiger charge is 2.37. The minimum atomic E-state index is -0.986. The molecule has 200 valence electrons. The zero-order chi connectivity index (χ0) is 27.4. The van der Waals surface area contributed by atoms with Crippen LogP contribution < -0.4 is 26.6 Å². The lowest BCUT2D eigenvalue weighted by molar-refractivity contribution is -0.123. The van der Waals surface area contributed by atoms with E-state index in [-0.39, 0.29) is 28.2 Å². The number of aryl methyl sites for hydroxylation is 1. The van der Waals surface area contributed by atoms with E-state index < -0.39 is 17.9 Å². The molecule has 9 nitrogen and oxygen atoms in total. The van der Waals surface area contributed by atoms with Crippen LogP contribution in [0, 0.1) is 6.92 Å². The van der Waals surface area contributed by atoms with Crippen LogP contribution in [0.25, 0.3) is 0 Å². The van der Waals surface area contributed by atoms with Crippen LogP contribution in [0.4, 0.5) is 17.1 Å². The molecular formula is C28H34N6O3S. The highest BCUT2D eigenvalue weighted by Crippen LogP contribution is 2.35. The number of hydrogen-bond acceptors (Lipinski definition) is 7. The second-order valence-corrected chi connectivity index (χ2v) is 10.6. The number of primary amides is 1. The number of amides is 3. The normalized spacial score (nSPS) is 14.5. The van der Waals surface area contributed by atoms with Crippen molar-refractivity contribution in [3.8, 4) is 0 Å². The van der Waals surface area contributed by atoms with Crippen molar-refractivity contribution >= 4 is 46.3 Å². The maximum atomic E-state index is 14.2. The molecule has 0 saturated heterocycles. The van der Waals surface area contributed by atoms with Crippen LogP contribution in [0.2, 0.25) is 0 Å². The maximum Gasteiger partial charge on any atom is 0.273 e. The second-order valence-electron chi connectivity index (χ2n) is 9.83. The van der Waals surface area contributed by atoms with Gasteiger partial charge in [0.05, 0.1) is 5.69 Å². The first-order valence-electron chi connectivity index (χ1n) is 12.7. The van der Waals surface area contributed by atoms with Crippen molar-refractivity contribution in [2.24, 2.45) is 5.73 Å². The Hall–Kier alpha value is -3.92. The van der Waals surface area contributed by atoms with Crippen molar-refractivity contribution in [1.82, 2.24) is 9.69 Å². The number of para-hydroxylation sites is 1. The van der Waals surface area contributed by atoms with Crippen LogP contribution in [0.15, 0.2) is 48.5 Å². The molecule has 1 aliphatic carbocycles. The number of nitrogens with one attached hydrogen (secondary N) is 1. The largest absolute Gasteiger partial charge is 0.395 e. The van der Waals surface area contributed by atoms with Gasteiger partial charge >= 0.3 is 0 Å². The highest BCUT2D eigenvalue weighted by atomic mass is 32.1. The van der Waals surface area contributed by atoms with Gasteiger partial charge in [-0.3, -0.25) is 19.3 Å². The number of aromatic nitrogens is 1. The molecule has 1 saturated carbocycles. The lowest BCUT2D eigenvalue weighted by atomic mass is 9.94. The molecule has 4 rings (SSSR count). The third-order valence-electron chi connectivity index (χ3n) is 6.93. The summed E-state index contributed by atoms with van der Waals surface area (Å²) in [6.45, 7) is 1.88. The topological polar surface area (TPSA) is 135 Å². The third kappa shape index (κ3) is 5.65. The van der Waals surface area contributed by atoms with E-state index in [1.807, 2.05) is 68.4 Å². The van der Waals surface area contributed by atoms with Crippen molar-refractivity contribution in [1.29, 1.82) is 0 Å². The third-order valence-corrected chi connectivity index (χ3v) is 7.78. The predicted molar refractivity (Wildman–Crippen MR) is 152 cm³/mol. The van der Waals surface area contributed by atoms with Crippen LogP contribution in [-0.2, 0) is 4.79 Å². The van der Waals surface area contributed by atoms with Gasteiger partial charge < -0.3 is 21.7 Å². The van der Waals surface area contributed by atoms with E-state index in [9.17, 15) is 14.4 Å². The summed E-state index contributed by atoms with van der Waals surface area (Å²) in [7, 11) is 3.88. The molecule has 10 heteroatoms. The first-order chi connectivity index (χ1) is 18.2. The molecule has 0 aliphatic heterocycles. The summed E-state index contributed by atoms with van der Waals surface area (Å²) in [5.41, 5.74) is 14.3. The summed E-state index contributed by atoms with van der Waals surface area (Å²) >= 11 is 0.802. The van der Waals surface area contributed by atoms with Gasteiger partial charge in [0, 0.05) is 31.5 Å². The van der Waals surface area contributed by atoms with E-state index in [4.69, 9.17) is 11.5 Å². The lowest BCUT2D eigenvalue weighted by Gasteiger charge is -2.34. The molecule has 38 heavy (non-hydrogen) atoms. The Kier molecular flexibility index (Phi) is 8.31. The van der Waals surface area contributed by atoms with Crippen molar-refractivity contribution in [2.75, 3.05) is 29.6 Å². The number of hydrogen-bond donors (Lipinski definition) is 3. The number of carbonyl (C=O) groups excluding carboxylic acids is 3. The Morgan fingerprint density at radius 3 is 2.26 bits per heavy atom. The number of carbonyl (C=O) groups is 3. The zero-order valence-corrected chi connectivity index (χ0v) is 22.8. The van der Waals surface area contributed by atoms with Crippen LogP contribution in [0.3, 0.4) is 0 Å². The fourth-order valence-electron chi connectivity index (χ4n) is 4.84. The Morgan fingerprint density at radius 1 is 1.03 bits per heavy atom. The lowest BCUT2D eigenvalue weighted by Crippen LogP contribution is -2.47. The number of benzene rings is 2. The zero-order valence-electron chi connectivity index (χ0n) is 21.9. The quantitative estimate of drug-likeness (QED) is 0.399. The number of nitrogens with two attached hydrogens (primary N) is 2. The van der Waals surface area contributed by atoms with Gasteiger partial charge in [-0.25, -0.2) is 0 Å². The average molecular weight is 535 g/mol. The Morgan fingerprint density at radius 2 is 1.68 bits per heavy atom. The van der Waals surface area contributed by atoms with Gasteiger partial charge in [-0.15, -0.1) is 0 Å². The maximum absolute atomic E-state index is 14.2. The minimum Gasteiger partial charge on any atom is -0.395 e. The smallest absolute Gasteiger partial charge is 0.273 e. The Labute approximate surface area is 227 Å². The van der Waals surface area contributed by atoms with Crippen molar-refractivity contribution in [3.63, 3.8) is 0 Å². The Balaban J connectivity index is 1.86. The molecule has 0 bridgehead atoms. The fraction of sp³-hybridized carbons (Fsp3) is 0.357. The molecule has 1 atom stereocenters. The van der Waals surface area contributed by atoms with E-state index in [1.165, 1.54) is 4.90 Å². The molecular weight excluding hydrogens is 500 g/mol. The molecule has 0 spiro atoms. The van der Waals surface area contributed by atoms with Gasteiger partial charge in [0.25, 0.3) is 11.8 Å². The molecule has 1 aliphatic rings. The summed E-state index contributed by atoms with van der Waals surface area (Å²) in [4.78, 5) is 43.6. The van der Waals surface area contributed by atoms with Gasteiger partial charge in [0.2, 0.25) is 5.91 Å². The average Bonchev–Trinajstić information content (AvgIpc) is 3.29. The number of anilines is 3.